The second kappa shape index (κ2) is 9.19. The van der Waals surface area contributed by atoms with E-state index in [1.807, 2.05) is 42.5 Å². The maximum Gasteiger partial charge on any atom is 0.269 e. The van der Waals surface area contributed by atoms with Crippen LogP contribution in [0.25, 0.3) is 6.08 Å². The zero-order valence-electron chi connectivity index (χ0n) is 16.8. The molecule has 0 saturated carbocycles. The molecule has 1 amide bonds. The molecular formula is C23H23N5O3. The van der Waals surface area contributed by atoms with Gasteiger partial charge in [-0.2, -0.15) is 5.10 Å². The van der Waals surface area contributed by atoms with E-state index < -0.39 is 5.91 Å². The van der Waals surface area contributed by atoms with E-state index >= 15 is 0 Å². The van der Waals surface area contributed by atoms with E-state index in [-0.39, 0.29) is 17.6 Å². The van der Waals surface area contributed by atoms with Crippen molar-refractivity contribution in [2.75, 3.05) is 6.54 Å². The van der Waals surface area contributed by atoms with Crippen LogP contribution < -0.4 is 21.7 Å². The molecule has 0 fully saturated rings. The Labute approximate surface area is 179 Å². The van der Waals surface area contributed by atoms with Crippen LogP contribution in [0.3, 0.4) is 0 Å². The molecule has 2 aromatic carbocycles. The Morgan fingerprint density at radius 2 is 1.90 bits per heavy atom. The van der Waals surface area contributed by atoms with Crippen molar-refractivity contribution < 1.29 is 13.9 Å². The lowest BCUT2D eigenvalue weighted by Gasteiger charge is -2.23. The first kappa shape index (κ1) is 20.2. The number of carbonyl (C=O) groups is 1. The average molecular weight is 417 g/mol. The second-order valence-corrected chi connectivity index (χ2v) is 7.00. The van der Waals surface area contributed by atoms with Crippen LogP contribution in [-0.2, 0) is 11.2 Å². The summed E-state index contributed by atoms with van der Waals surface area (Å²) in [6.07, 6.45) is 3.61. The minimum absolute atomic E-state index is 0.124. The fraction of sp³-hybridized carbons (Fsp3) is 0.130. The van der Waals surface area contributed by atoms with Gasteiger partial charge in [0.2, 0.25) is 0 Å². The highest BCUT2D eigenvalue weighted by atomic mass is 16.5. The largest absolute Gasteiger partial charge is 0.488 e. The van der Waals surface area contributed by atoms with E-state index in [9.17, 15) is 4.79 Å². The van der Waals surface area contributed by atoms with Crippen molar-refractivity contribution in [2.45, 2.75) is 12.5 Å². The van der Waals surface area contributed by atoms with Gasteiger partial charge in [0.25, 0.3) is 5.91 Å². The number of amidine groups is 1. The number of ether oxygens (including phenoxy) is 1. The summed E-state index contributed by atoms with van der Waals surface area (Å²) in [4.78, 5) is 13.1. The number of para-hydroxylation sites is 1. The summed E-state index contributed by atoms with van der Waals surface area (Å²) in [5.41, 5.74) is 1.91. The van der Waals surface area contributed by atoms with E-state index in [1.54, 1.807) is 24.3 Å². The summed E-state index contributed by atoms with van der Waals surface area (Å²) in [6.45, 7) is 0.317. The Morgan fingerprint density at radius 1 is 1.13 bits per heavy atom. The number of rotatable bonds is 6. The number of nitrogens with two attached hydrogens (primary N) is 2. The van der Waals surface area contributed by atoms with E-state index in [0.29, 0.717) is 17.9 Å². The van der Waals surface area contributed by atoms with Crippen molar-refractivity contribution >= 4 is 17.8 Å². The van der Waals surface area contributed by atoms with Crippen LogP contribution in [0.1, 0.15) is 16.9 Å². The topological polar surface area (TPSA) is 119 Å². The molecule has 4 rings (SSSR count). The molecule has 1 aromatic heterocycles. The first-order valence-corrected chi connectivity index (χ1v) is 9.82. The number of fused-ring (bicyclic) bond motifs is 1. The number of nitrogens with zero attached hydrogens (tertiary/aromatic N) is 2. The normalized spacial score (nSPS) is 15.8. The van der Waals surface area contributed by atoms with Crippen molar-refractivity contribution in [2.24, 2.45) is 16.8 Å². The lowest BCUT2D eigenvalue weighted by Crippen LogP contribution is -2.45. The van der Waals surface area contributed by atoms with Gasteiger partial charge in [-0.1, -0.05) is 48.5 Å². The van der Waals surface area contributed by atoms with Gasteiger partial charge in [-0.05, 0) is 23.8 Å². The van der Waals surface area contributed by atoms with Gasteiger partial charge < -0.3 is 20.3 Å². The quantitative estimate of drug-likeness (QED) is 0.186. The predicted octanol–water partition coefficient (Wildman–Crippen LogP) is 2.24. The molecule has 1 aliphatic rings. The van der Waals surface area contributed by atoms with E-state index in [1.165, 1.54) is 12.3 Å². The molecule has 3 aromatic rings. The number of hydrazone groups is 1. The van der Waals surface area contributed by atoms with Crippen molar-refractivity contribution in [3.05, 3.63) is 95.6 Å². The number of hydrazine groups is 1. The minimum atomic E-state index is -0.407. The van der Waals surface area contributed by atoms with Gasteiger partial charge in [-0.3, -0.25) is 9.80 Å². The average Bonchev–Trinajstić information content (AvgIpc) is 3.46. The first-order chi connectivity index (χ1) is 15.2. The van der Waals surface area contributed by atoms with Crippen molar-refractivity contribution in [3.63, 3.8) is 0 Å². The molecule has 5 N–H and O–H groups in total. The third-order valence-electron chi connectivity index (χ3n) is 4.90. The fourth-order valence-electron chi connectivity index (χ4n) is 3.39. The monoisotopic (exact) mass is 417 g/mol. The van der Waals surface area contributed by atoms with Gasteiger partial charge in [-0.15, -0.1) is 0 Å². The predicted molar refractivity (Wildman–Crippen MR) is 117 cm³/mol. The van der Waals surface area contributed by atoms with Gasteiger partial charge in [0, 0.05) is 18.1 Å². The number of carbonyl (C=O) groups excluding carboxylic acids is 1. The summed E-state index contributed by atoms with van der Waals surface area (Å²) >= 11 is 0. The number of amides is 1. The minimum Gasteiger partial charge on any atom is -0.488 e. The Bertz CT molecular complexity index is 1070. The molecule has 31 heavy (non-hydrogen) atoms. The lowest BCUT2D eigenvalue weighted by atomic mass is 10.1. The van der Waals surface area contributed by atoms with Gasteiger partial charge in [0.15, 0.2) is 5.84 Å². The molecular weight excluding hydrogens is 394 g/mol. The summed E-state index contributed by atoms with van der Waals surface area (Å²) in [7, 11) is 0. The van der Waals surface area contributed by atoms with Crippen LogP contribution in [0.4, 0.5) is 0 Å². The number of furan rings is 1. The van der Waals surface area contributed by atoms with Gasteiger partial charge in [-0.25, -0.2) is 5.84 Å². The maximum absolute atomic E-state index is 13.1. The molecule has 0 radical (unpaired) electrons. The van der Waals surface area contributed by atoms with Crippen LogP contribution in [0.2, 0.25) is 0 Å². The molecule has 8 heteroatoms. The zero-order valence-corrected chi connectivity index (χ0v) is 16.8. The van der Waals surface area contributed by atoms with Crippen LogP contribution in [0.15, 0.2) is 88.2 Å². The van der Waals surface area contributed by atoms with E-state index in [0.717, 1.165) is 22.7 Å². The fourth-order valence-corrected chi connectivity index (χ4v) is 3.39. The molecule has 0 bridgehead atoms. The smallest absolute Gasteiger partial charge is 0.269 e. The van der Waals surface area contributed by atoms with Crippen molar-refractivity contribution in [3.8, 4) is 5.75 Å². The number of nitrogens with one attached hydrogen (secondary N) is 1. The summed E-state index contributed by atoms with van der Waals surface area (Å²) in [5.74, 6) is 13.0. The molecule has 1 unspecified atom stereocenters. The van der Waals surface area contributed by atoms with Crippen LogP contribution in [0.5, 0.6) is 5.75 Å². The van der Waals surface area contributed by atoms with E-state index in [2.05, 4.69) is 10.4 Å². The third kappa shape index (κ3) is 4.59. The lowest BCUT2D eigenvalue weighted by molar-refractivity contribution is -0.118. The van der Waals surface area contributed by atoms with Crippen LogP contribution in [0, 0.1) is 0 Å². The summed E-state index contributed by atoms with van der Waals surface area (Å²) in [6, 6.07) is 20.4. The Morgan fingerprint density at radius 3 is 2.61 bits per heavy atom. The van der Waals surface area contributed by atoms with Gasteiger partial charge in [0.1, 0.15) is 23.3 Å². The van der Waals surface area contributed by atoms with E-state index in [4.69, 9.17) is 20.8 Å². The molecule has 1 atom stereocenters. The van der Waals surface area contributed by atoms with Gasteiger partial charge >= 0.3 is 0 Å². The van der Waals surface area contributed by atoms with Crippen molar-refractivity contribution in [1.82, 2.24) is 10.3 Å². The number of benzene rings is 2. The van der Waals surface area contributed by atoms with Crippen LogP contribution >= 0.6 is 0 Å². The SMILES string of the molecule is N/N=C(/c1ccccc1)N(N)/C(=C\c1ccco1)C(=O)NCC1Cc2ccccc2O1. The molecule has 0 aliphatic carbocycles. The third-order valence-corrected chi connectivity index (χ3v) is 4.90. The highest BCUT2D eigenvalue weighted by Gasteiger charge is 2.25. The van der Waals surface area contributed by atoms with Crippen molar-refractivity contribution in [1.29, 1.82) is 0 Å². The summed E-state index contributed by atoms with van der Waals surface area (Å²) < 4.78 is 11.3. The Balaban J connectivity index is 1.52. The molecule has 0 spiro atoms. The highest BCUT2D eigenvalue weighted by Crippen LogP contribution is 2.27. The molecule has 2 heterocycles. The maximum atomic E-state index is 13.1. The molecule has 0 saturated heterocycles. The first-order valence-electron chi connectivity index (χ1n) is 9.82. The second-order valence-electron chi connectivity index (χ2n) is 7.00. The standard InChI is InChI=1S/C23H23N5O3/c24-27-22(16-7-2-1-3-8-16)28(25)20(14-18-10-6-12-30-18)23(29)26-15-19-13-17-9-4-5-11-21(17)31-19/h1-12,14,19H,13,15,24-25H2,(H,26,29)/b20-14-,27-22-. The highest BCUT2D eigenvalue weighted by molar-refractivity contribution is 6.06. The summed E-state index contributed by atoms with van der Waals surface area (Å²) in [5, 5.41) is 7.84. The number of hydrogen-bond donors (Lipinski definition) is 3. The number of hydrogen-bond acceptors (Lipinski definition) is 6. The Kier molecular flexibility index (Phi) is 6.00. The Hall–Kier alpha value is -4.04. The van der Waals surface area contributed by atoms with Crippen LogP contribution in [-0.4, -0.2) is 29.4 Å². The molecule has 158 valence electrons. The zero-order chi connectivity index (χ0) is 21.6. The van der Waals surface area contributed by atoms with Gasteiger partial charge in [0.05, 0.1) is 12.8 Å². The molecule has 1 aliphatic heterocycles. The molecule has 8 nitrogen and oxygen atoms in total.